The van der Waals surface area contributed by atoms with Crippen LogP contribution in [0, 0.1) is 5.92 Å². The van der Waals surface area contributed by atoms with Crippen LogP contribution in [0.4, 0.5) is 0 Å². The minimum absolute atomic E-state index is 0.0714. The van der Waals surface area contributed by atoms with Crippen molar-refractivity contribution < 1.29 is 9.84 Å². The second-order valence-corrected chi connectivity index (χ2v) is 4.82. The Hall–Kier alpha value is -1.61. The third-order valence-electron chi connectivity index (χ3n) is 3.36. The number of benzene rings is 1. The van der Waals surface area contributed by atoms with Gasteiger partial charge in [-0.15, -0.1) is 0 Å². The van der Waals surface area contributed by atoms with E-state index in [2.05, 4.69) is 18.8 Å². The Balaban J connectivity index is 2.57. The van der Waals surface area contributed by atoms with Gasteiger partial charge in [0.15, 0.2) is 0 Å². The van der Waals surface area contributed by atoms with Gasteiger partial charge in [-0.2, -0.15) is 0 Å². The van der Waals surface area contributed by atoms with Crippen molar-refractivity contribution in [2.45, 2.75) is 19.8 Å². The highest BCUT2D eigenvalue weighted by atomic mass is 16.5. The van der Waals surface area contributed by atoms with Gasteiger partial charge in [-0.05, 0) is 35.6 Å². The quantitative estimate of drug-likeness (QED) is 0.900. The topological polar surface area (TPSA) is 42.4 Å². The van der Waals surface area contributed by atoms with Gasteiger partial charge in [0, 0.05) is 17.5 Å². The predicted octanol–water partition coefficient (Wildman–Crippen LogP) is 2.98. The molecule has 1 atom stereocenters. The fourth-order valence-corrected chi connectivity index (χ4v) is 2.21. The van der Waals surface area contributed by atoms with Gasteiger partial charge in [-0.1, -0.05) is 13.8 Å². The van der Waals surface area contributed by atoms with Crippen LogP contribution in [-0.4, -0.2) is 23.8 Å². The van der Waals surface area contributed by atoms with Gasteiger partial charge in [-0.3, -0.25) is 4.98 Å². The van der Waals surface area contributed by atoms with Crippen LogP contribution in [0.15, 0.2) is 30.5 Å². The third-order valence-corrected chi connectivity index (χ3v) is 3.36. The maximum absolute atomic E-state index is 9.55. The van der Waals surface area contributed by atoms with E-state index in [0.717, 1.165) is 22.2 Å². The number of aliphatic hydroxyl groups excluding tert-OH is 1. The Labute approximate surface area is 107 Å². The van der Waals surface area contributed by atoms with Gasteiger partial charge in [0.25, 0.3) is 0 Å². The second kappa shape index (κ2) is 5.36. The molecule has 3 nitrogen and oxygen atoms in total. The molecule has 0 bridgehead atoms. The summed E-state index contributed by atoms with van der Waals surface area (Å²) in [7, 11) is 1.66. The van der Waals surface area contributed by atoms with Crippen molar-refractivity contribution in [3.63, 3.8) is 0 Å². The zero-order valence-corrected chi connectivity index (χ0v) is 11.1. The summed E-state index contributed by atoms with van der Waals surface area (Å²) in [6.07, 6.45) is 1.79. The number of aromatic nitrogens is 1. The fourth-order valence-electron chi connectivity index (χ4n) is 2.21. The first-order valence-corrected chi connectivity index (χ1v) is 6.21. The van der Waals surface area contributed by atoms with Gasteiger partial charge >= 0.3 is 0 Å². The van der Waals surface area contributed by atoms with Gasteiger partial charge in [0.05, 0.1) is 19.4 Å². The number of fused-ring (bicyclic) bond motifs is 1. The van der Waals surface area contributed by atoms with Crippen LogP contribution in [0.2, 0.25) is 0 Å². The average molecular weight is 245 g/mol. The standard InChI is InChI=1S/C15H19NO2/c1-10(2)14(9-17)15-13-5-4-12(18-3)8-11(13)6-7-16-15/h4-8,10,14,17H,9H2,1-3H3. The number of rotatable bonds is 4. The number of pyridine rings is 1. The molecule has 1 aromatic carbocycles. The minimum Gasteiger partial charge on any atom is -0.497 e. The molecule has 0 radical (unpaired) electrons. The van der Waals surface area contributed by atoms with E-state index in [1.54, 1.807) is 13.3 Å². The van der Waals surface area contributed by atoms with E-state index in [0.29, 0.717) is 5.92 Å². The molecule has 1 N–H and O–H groups in total. The van der Waals surface area contributed by atoms with E-state index in [-0.39, 0.29) is 12.5 Å². The Morgan fingerprint density at radius 2 is 2.06 bits per heavy atom. The molecule has 96 valence electrons. The highest BCUT2D eigenvalue weighted by Crippen LogP contribution is 2.30. The van der Waals surface area contributed by atoms with Crippen molar-refractivity contribution >= 4 is 10.8 Å². The normalized spacial score (nSPS) is 12.9. The van der Waals surface area contributed by atoms with Crippen LogP contribution in [0.3, 0.4) is 0 Å². The molecule has 0 amide bonds. The van der Waals surface area contributed by atoms with E-state index >= 15 is 0 Å². The molecule has 0 saturated heterocycles. The summed E-state index contributed by atoms with van der Waals surface area (Å²) in [5.74, 6) is 1.27. The number of methoxy groups -OCH3 is 1. The van der Waals surface area contributed by atoms with Crippen LogP contribution >= 0.6 is 0 Å². The summed E-state index contributed by atoms with van der Waals surface area (Å²) in [6, 6.07) is 7.91. The maximum Gasteiger partial charge on any atom is 0.119 e. The Morgan fingerprint density at radius 1 is 1.28 bits per heavy atom. The first-order chi connectivity index (χ1) is 8.67. The number of nitrogens with zero attached hydrogens (tertiary/aromatic N) is 1. The average Bonchev–Trinajstić information content (AvgIpc) is 2.38. The van der Waals surface area contributed by atoms with E-state index in [1.807, 2.05) is 24.3 Å². The lowest BCUT2D eigenvalue weighted by molar-refractivity contribution is 0.235. The molecule has 0 aliphatic carbocycles. The molecule has 2 aromatic rings. The smallest absolute Gasteiger partial charge is 0.119 e. The van der Waals surface area contributed by atoms with Crippen LogP contribution < -0.4 is 4.74 Å². The van der Waals surface area contributed by atoms with E-state index in [4.69, 9.17) is 4.74 Å². The SMILES string of the molecule is COc1ccc2c(C(CO)C(C)C)nccc2c1. The second-order valence-electron chi connectivity index (χ2n) is 4.82. The lowest BCUT2D eigenvalue weighted by atomic mass is 9.90. The molecule has 0 aliphatic rings. The zero-order chi connectivity index (χ0) is 13.1. The number of ether oxygens (including phenoxy) is 1. The van der Waals surface area contributed by atoms with Crippen molar-refractivity contribution in [2.75, 3.05) is 13.7 Å². The molecule has 1 unspecified atom stereocenters. The highest BCUT2D eigenvalue weighted by molar-refractivity contribution is 5.86. The summed E-state index contributed by atoms with van der Waals surface area (Å²) in [4.78, 5) is 4.45. The fraction of sp³-hybridized carbons (Fsp3) is 0.400. The van der Waals surface area contributed by atoms with E-state index < -0.39 is 0 Å². The van der Waals surface area contributed by atoms with E-state index in [9.17, 15) is 5.11 Å². The molecule has 0 spiro atoms. The van der Waals surface area contributed by atoms with Gasteiger partial charge in [-0.25, -0.2) is 0 Å². The molecular formula is C15H19NO2. The van der Waals surface area contributed by atoms with Crippen LogP contribution in [-0.2, 0) is 0 Å². The number of hydrogen-bond acceptors (Lipinski definition) is 3. The van der Waals surface area contributed by atoms with Gasteiger partial charge in [0.1, 0.15) is 5.75 Å². The number of aliphatic hydroxyl groups is 1. The molecule has 0 saturated carbocycles. The van der Waals surface area contributed by atoms with Crippen molar-refractivity contribution in [1.82, 2.24) is 4.98 Å². The first-order valence-electron chi connectivity index (χ1n) is 6.21. The molecule has 3 heteroatoms. The maximum atomic E-state index is 9.55. The lowest BCUT2D eigenvalue weighted by Crippen LogP contribution is -2.13. The summed E-state index contributed by atoms with van der Waals surface area (Å²) < 4.78 is 5.23. The minimum atomic E-state index is 0.0714. The van der Waals surface area contributed by atoms with Crippen molar-refractivity contribution in [1.29, 1.82) is 0 Å². The monoisotopic (exact) mass is 245 g/mol. The Bertz CT molecular complexity index is 537. The van der Waals surface area contributed by atoms with Crippen LogP contribution in [0.1, 0.15) is 25.5 Å². The largest absolute Gasteiger partial charge is 0.497 e. The Kier molecular flexibility index (Phi) is 3.82. The molecule has 0 fully saturated rings. The molecule has 1 heterocycles. The molecule has 18 heavy (non-hydrogen) atoms. The lowest BCUT2D eigenvalue weighted by Gasteiger charge is -2.19. The van der Waals surface area contributed by atoms with Gasteiger partial charge in [0.2, 0.25) is 0 Å². The van der Waals surface area contributed by atoms with Crippen LogP contribution in [0.5, 0.6) is 5.75 Å². The summed E-state index contributed by atoms with van der Waals surface area (Å²) in [5.41, 5.74) is 0.965. The first kappa shape index (κ1) is 12.8. The zero-order valence-electron chi connectivity index (χ0n) is 11.1. The molecule has 0 aliphatic heterocycles. The van der Waals surface area contributed by atoms with Crippen LogP contribution in [0.25, 0.3) is 10.8 Å². The molecule has 1 aromatic heterocycles. The third kappa shape index (κ3) is 2.31. The molecule has 2 rings (SSSR count). The Morgan fingerprint density at radius 3 is 2.67 bits per heavy atom. The summed E-state index contributed by atoms with van der Waals surface area (Å²) in [6.45, 7) is 4.33. The van der Waals surface area contributed by atoms with Gasteiger partial charge < -0.3 is 9.84 Å². The van der Waals surface area contributed by atoms with Crippen molar-refractivity contribution in [2.24, 2.45) is 5.92 Å². The van der Waals surface area contributed by atoms with Crippen molar-refractivity contribution in [3.8, 4) is 5.75 Å². The predicted molar refractivity (Wildman–Crippen MR) is 73.0 cm³/mol. The summed E-state index contributed by atoms with van der Waals surface area (Å²) in [5, 5.41) is 11.7. The van der Waals surface area contributed by atoms with E-state index in [1.165, 1.54) is 0 Å². The number of hydrogen-bond donors (Lipinski definition) is 1. The molecular weight excluding hydrogens is 226 g/mol. The van der Waals surface area contributed by atoms with Crippen molar-refractivity contribution in [3.05, 3.63) is 36.2 Å². The highest BCUT2D eigenvalue weighted by Gasteiger charge is 2.18. The summed E-state index contributed by atoms with van der Waals surface area (Å²) >= 11 is 0.